The van der Waals surface area contributed by atoms with Gasteiger partial charge in [0.2, 0.25) is 0 Å². The molecule has 21 heavy (non-hydrogen) atoms. The van der Waals surface area contributed by atoms with Crippen LogP contribution in [0.15, 0.2) is 52.4 Å². The largest absolute Gasteiger partial charge is 0.236 e. The summed E-state index contributed by atoms with van der Waals surface area (Å²) >= 11 is 7.36. The zero-order chi connectivity index (χ0) is 14.7. The van der Waals surface area contributed by atoms with Crippen LogP contribution in [0.25, 0.3) is 20.8 Å². The second-order valence-electron chi connectivity index (χ2n) is 4.10. The molecule has 0 aliphatic heterocycles. The Bertz CT molecular complexity index is 902. The van der Waals surface area contributed by atoms with Gasteiger partial charge in [-0.3, -0.25) is 0 Å². The molecule has 0 bridgehead atoms. The number of fused-ring (bicyclic) bond motifs is 1. The fourth-order valence-electron chi connectivity index (χ4n) is 1.90. The van der Waals surface area contributed by atoms with Crippen LogP contribution in [0.2, 0.25) is 0 Å². The third kappa shape index (κ3) is 3.02. The molecule has 0 aliphatic rings. The minimum absolute atomic E-state index is 0.779. The molecule has 0 fully saturated rings. The molecule has 0 unspecified atom stereocenters. The Labute approximate surface area is 135 Å². The van der Waals surface area contributed by atoms with Crippen LogP contribution in [-0.4, -0.2) is 10.1 Å². The first-order chi connectivity index (χ1) is 10.3. The first-order valence-electron chi connectivity index (χ1n) is 5.95. The summed E-state index contributed by atoms with van der Waals surface area (Å²) in [5.74, 6) is 0. The lowest BCUT2D eigenvalue weighted by molar-refractivity contribution is 1.42. The van der Waals surface area contributed by atoms with E-state index in [0.29, 0.717) is 0 Å². The Morgan fingerprint density at radius 1 is 1.24 bits per heavy atom. The number of benzene rings is 2. The molecule has 0 radical (unpaired) electrons. The Hall–Kier alpha value is -2.03. The Balaban J connectivity index is 2.06. The second-order valence-corrected chi connectivity index (χ2v) is 6.17. The van der Waals surface area contributed by atoms with E-state index in [9.17, 15) is 0 Å². The summed E-state index contributed by atoms with van der Waals surface area (Å²) in [6.45, 7) is 0. The van der Waals surface area contributed by atoms with E-state index < -0.39 is 0 Å². The summed E-state index contributed by atoms with van der Waals surface area (Å²) in [6, 6.07) is 13.6. The molecule has 3 nitrogen and oxygen atoms in total. The van der Waals surface area contributed by atoms with E-state index in [2.05, 4.69) is 32.8 Å². The zero-order valence-corrected chi connectivity index (χ0v) is 13.1. The molecule has 1 heterocycles. The molecular weight excluding hydrogens is 318 g/mol. The summed E-state index contributed by atoms with van der Waals surface area (Å²) in [5, 5.41) is 14.1. The number of aromatic nitrogens is 1. The van der Waals surface area contributed by atoms with Crippen molar-refractivity contribution >= 4 is 56.4 Å². The molecule has 0 saturated heterocycles. The monoisotopic (exact) mass is 325 g/mol. The van der Waals surface area contributed by atoms with E-state index in [1.807, 2.05) is 42.5 Å². The van der Waals surface area contributed by atoms with Crippen molar-refractivity contribution in [2.45, 2.75) is 4.90 Å². The molecule has 0 saturated carbocycles. The van der Waals surface area contributed by atoms with Crippen molar-refractivity contribution in [1.29, 1.82) is 5.26 Å². The highest BCUT2D eigenvalue weighted by Crippen LogP contribution is 2.33. The predicted octanol–water partition coefficient (Wildman–Crippen LogP) is 5.27. The molecule has 1 aromatic heterocycles. The van der Waals surface area contributed by atoms with Crippen molar-refractivity contribution in [2.24, 2.45) is 4.99 Å². The molecule has 6 heteroatoms. The van der Waals surface area contributed by atoms with Gasteiger partial charge >= 0.3 is 0 Å². The maximum atomic E-state index is 8.75. The van der Waals surface area contributed by atoms with Crippen LogP contribution in [0.4, 0.5) is 5.69 Å². The lowest BCUT2D eigenvalue weighted by Crippen LogP contribution is -1.76. The number of thiocarbonyl (C=S) groups is 1. The standard InChI is InChI=1S/C15H7N3S3/c16-8-20-12-3-1-2-10(6-12)15-18-13-5-4-11(17-9-19)7-14(13)21-15/h1-7H. The quantitative estimate of drug-likeness (QED) is 0.285. The third-order valence-corrected chi connectivity index (χ3v) is 4.53. The first kappa shape index (κ1) is 13.9. The summed E-state index contributed by atoms with van der Waals surface area (Å²) in [6.07, 6.45) is 0. The van der Waals surface area contributed by atoms with E-state index in [-0.39, 0.29) is 0 Å². The Morgan fingerprint density at radius 2 is 2.14 bits per heavy atom. The number of thiazole rings is 1. The highest BCUT2D eigenvalue weighted by atomic mass is 32.2. The second kappa shape index (κ2) is 6.17. The molecule has 2 aromatic carbocycles. The van der Waals surface area contributed by atoms with Crippen molar-refractivity contribution < 1.29 is 0 Å². The van der Waals surface area contributed by atoms with Gasteiger partial charge in [0.25, 0.3) is 0 Å². The fraction of sp³-hybridized carbons (Fsp3) is 0. The number of isothiocyanates is 1. The molecule has 0 spiro atoms. The van der Waals surface area contributed by atoms with Crippen molar-refractivity contribution in [1.82, 2.24) is 4.98 Å². The van der Waals surface area contributed by atoms with Gasteiger partial charge in [0.15, 0.2) is 0 Å². The minimum Gasteiger partial charge on any atom is -0.236 e. The summed E-state index contributed by atoms with van der Waals surface area (Å²) in [4.78, 5) is 9.52. The molecule has 0 amide bonds. The van der Waals surface area contributed by atoms with E-state index in [4.69, 9.17) is 5.26 Å². The number of hydrogen-bond donors (Lipinski definition) is 0. The smallest absolute Gasteiger partial charge is 0.138 e. The van der Waals surface area contributed by atoms with Crippen LogP contribution in [0.5, 0.6) is 0 Å². The number of aliphatic imine (C=N–C) groups is 1. The van der Waals surface area contributed by atoms with E-state index in [1.54, 1.807) is 11.3 Å². The number of thiocyanates is 1. The molecule has 100 valence electrons. The first-order valence-corrected chi connectivity index (χ1v) is 7.99. The maximum Gasteiger partial charge on any atom is 0.138 e. The van der Waals surface area contributed by atoms with Gasteiger partial charge in [0, 0.05) is 10.5 Å². The summed E-state index contributed by atoms with van der Waals surface area (Å²) in [5.41, 5.74) is 2.72. The third-order valence-electron chi connectivity index (χ3n) is 2.79. The topological polar surface area (TPSA) is 49.0 Å². The minimum atomic E-state index is 0.779. The molecule has 0 atom stereocenters. The predicted molar refractivity (Wildman–Crippen MR) is 91.2 cm³/mol. The van der Waals surface area contributed by atoms with Gasteiger partial charge in [-0.25, -0.2) is 4.98 Å². The fourth-order valence-corrected chi connectivity index (χ4v) is 3.44. The summed E-state index contributed by atoms with van der Waals surface area (Å²) in [7, 11) is 0. The maximum absolute atomic E-state index is 8.75. The van der Waals surface area contributed by atoms with Crippen molar-refractivity contribution in [3.05, 3.63) is 42.5 Å². The highest BCUT2D eigenvalue weighted by Gasteiger charge is 2.07. The normalized spacial score (nSPS) is 10.0. The number of rotatable bonds is 3. The SMILES string of the molecule is N#CSc1cccc(-c2nc3ccc(N=C=S)cc3s2)c1. The van der Waals surface area contributed by atoms with Crippen LogP contribution in [-0.2, 0) is 0 Å². The Morgan fingerprint density at radius 3 is 2.95 bits per heavy atom. The van der Waals surface area contributed by atoms with Crippen LogP contribution >= 0.6 is 35.3 Å². The van der Waals surface area contributed by atoms with E-state index in [0.717, 1.165) is 43.1 Å². The number of hydrogen-bond acceptors (Lipinski definition) is 6. The van der Waals surface area contributed by atoms with Crippen molar-refractivity contribution in [3.63, 3.8) is 0 Å². The zero-order valence-electron chi connectivity index (χ0n) is 10.6. The van der Waals surface area contributed by atoms with Gasteiger partial charge < -0.3 is 0 Å². The number of nitriles is 1. The number of nitrogens with zero attached hydrogens (tertiary/aromatic N) is 3. The van der Waals surface area contributed by atoms with Crippen molar-refractivity contribution in [2.75, 3.05) is 0 Å². The van der Waals surface area contributed by atoms with Crippen LogP contribution in [0.1, 0.15) is 0 Å². The van der Waals surface area contributed by atoms with Gasteiger partial charge in [-0.2, -0.15) is 10.3 Å². The van der Waals surface area contributed by atoms with Crippen molar-refractivity contribution in [3.8, 4) is 16.0 Å². The lowest BCUT2D eigenvalue weighted by atomic mass is 10.2. The highest BCUT2D eigenvalue weighted by molar-refractivity contribution is 8.03. The molecule has 3 rings (SSSR count). The average molecular weight is 325 g/mol. The molecule has 0 N–H and O–H groups in total. The molecule has 3 aromatic rings. The van der Waals surface area contributed by atoms with E-state index in [1.165, 1.54) is 0 Å². The van der Waals surface area contributed by atoms with Gasteiger partial charge in [-0.05, 0) is 54.3 Å². The van der Waals surface area contributed by atoms with E-state index >= 15 is 0 Å². The van der Waals surface area contributed by atoms with Crippen LogP contribution < -0.4 is 0 Å². The number of thioether (sulfide) groups is 1. The average Bonchev–Trinajstić information content (AvgIpc) is 2.91. The van der Waals surface area contributed by atoms with Gasteiger partial charge in [0.1, 0.15) is 10.4 Å². The Kier molecular flexibility index (Phi) is 4.09. The van der Waals surface area contributed by atoms with Crippen LogP contribution in [0.3, 0.4) is 0 Å². The van der Waals surface area contributed by atoms with Gasteiger partial charge in [-0.1, -0.05) is 12.1 Å². The molecule has 0 aliphatic carbocycles. The van der Waals surface area contributed by atoms with Crippen LogP contribution in [0, 0.1) is 10.7 Å². The lowest BCUT2D eigenvalue weighted by Gasteiger charge is -1.97. The summed E-state index contributed by atoms with van der Waals surface area (Å²) < 4.78 is 1.05. The molecular formula is C15H7N3S3. The van der Waals surface area contributed by atoms with Gasteiger partial charge in [0.05, 0.1) is 21.1 Å². The van der Waals surface area contributed by atoms with Gasteiger partial charge in [-0.15, -0.1) is 11.3 Å².